The van der Waals surface area contributed by atoms with E-state index in [1.54, 1.807) is 19.1 Å². The first kappa shape index (κ1) is 15.1. The van der Waals surface area contributed by atoms with Crippen molar-refractivity contribution >= 4 is 22.8 Å². The standard InChI is InChI=1S/C16H19NO4/c1-10(2)16(3,9-14(18)19)17-15(20)13-8-11-6-4-5-7-12(11)21-13/h4-8,10H,9H2,1-3H3,(H,17,20)(H,18,19). The molecule has 21 heavy (non-hydrogen) atoms. The lowest BCUT2D eigenvalue weighted by molar-refractivity contribution is -0.138. The normalized spacial score (nSPS) is 14.1. The summed E-state index contributed by atoms with van der Waals surface area (Å²) in [6, 6.07) is 8.99. The van der Waals surface area contributed by atoms with Crippen LogP contribution in [0.5, 0.6) is 0 Å². The van der Waals surface area contributed by atoms with Crippen molar-refractivity contribution in [2.24, 2.45) is 5.92 Å². The molecule has 5 heteroatoms. The highest BCUT2D eigenvalue weighted by atomic mass is 16.4. The Hall–Kier alpha value is -2.30. The number of aliphatic carboxylic acids is 1. The summed E-state index contributed by atoms with van der Waals surface area (Å²) in [5.74, 6) is -1.19. The fourth-order valence-electron chi connectivity index (χ4n) is 2.12. The van der Waals surface area contributed by atoms with Gasteiger partial charge in [-0.3, -0.25) is 9.59 Å². The van der Waals surface area contributed by atoms with Crippen LogP contribution >= 0.6 is 0 Å². The number of fused-ring (bicyclic) bond motifs is 1. The number of benzene rings is 1. The van der Waals surface area contributed by atoms with E-state index in [0.717, 1.165) is 5.39 Å². The zero-order valence-electron chi connectivity index (χ0n) is 12.3. The lowest BCUT2D eigenvalue weighted by atomic mass is 9.85. The number of rotatable bonds is 5. The van der Waals surface area contributed by atoms with E-state index in [-0.39, 0.29) is 18.1 Å². The largest absolute Gasteiger partial charge is 0.481 e. The quantitative estimate of drug-likeness (QED) is 0.886. The van der Waals surface area contributed by atoms with Crippen molar-refractivity contribution in [1.29, 1.82) is 0 Å². The smallest absolute Gasteiger partial charge is 0.305 e. The Balaban J connectivity index is 2.24. The molecule has 0 fully saturated rings. The van der Waals surface area contributed by atoms with Crippen LogP contribution in [0.2, 0.25) is 0 Å². The molecule has 1 unspecified atom stereocenters. The predicted octanol–water partition coefficient (Wildman–Crippen LogP) is 3.05. The molecule has 1 atom stereocenters. The van der Waals surface area contributed by atoms with Gasteiger partial charge >= 0.3 is 5.97 Å². The third-order valence-electron chi connectivity index (χ3n) is 3.84. The Kier molecular flexibility index (Phi) is 4.02. The van der Waals surface area contributed by atoms with Crippen molar-refractivity contribution in [2.75, 3.05) is 0 Å². The van der Waals surface area contributed by atoms with E-state index in [9.17, 15) is 9.59 Å². The number of furan rings is 1. The first-order valence-corrected chi connectivity index (χ1v) is 6.85. The van der Waals surface area contributed by atoms with Crippen molar-refractivity contribution in [3.8, 4) is 0 Å². The van der Waals surface area contributed by atoms with Crippen LogP contribution in [0.1, 0.15) is 37.7 Å². The second kappa shape index (κ2) is 5.60. The van der Waals surface area contributed by atoms with Gasteiger partial charge in [-0.05, 0) is 25.0 Å². The fourth-order valence-corrected chi connectivity index (χ4v) is 2.12. The Morgan fingerprint density at radius 2 is 2.00 bits per heavy atom. The molecular weight excluding hydrogens is 270 g/mol. The molecule has 0 spiro atoms. The van der Waals surface area contributed by atoms with Crippen LogP contribution < -0.4 is 5.32 Å². The van der Waals surface area contributed by atoms with Gasteiger partial charge in [0, 0.05) is 5.39 Å². The van der Waals surface area contributed by atoms with Crippen molar-refractivity contribution in [2.45, 2.75) is 32.7 Å². The molecule has 0 bridgehead atoms. The highest BCUT2D eigenvalue weighted by Gasteiger charge is 2.33. The van der Waals surface area contributed by atoms with E-state index in [1.165, 1.54) is 0 Å². The first-order chi connectivity index (χ1) is 9.82. The highest BCUT2D eigenvalue weighted by Crippen LogP contribution is 2.23. The number of carbonyl (C=O) groups is 2. The lowest BCUT2D eigenvalue weighted by Crippen LogP contribution is -2.51. The number of para-hydroxylation sites is 1. The van der Waals surface area contributed by atoms with Crippen molar-refractivity contribution in [1.82, 2.24) is 5.32 Å². The molecule has 2 aromatic rings. The molecule has 1 aromatic carbocycles. The number of carboxylic acids is 1. The minimum Gasteiger partial charge on any atom is -0.481 e. The van der Waals surface area contributed by atoms with Crippen LogP contribution in [0.4, 0.5) is 0 Å². The van der Waals surface area contributed by atoms with E-state index in [1.807, 2.05) is 32.0 Å². The summed E-state index contributed by atoms with van der Waals surface area (Å²) in [4.78, 5) is 23.3. The van der Waals surface area contributed by atoms with E-state index in [4.69, 9.17) is 9.52 Å². The molecule has 2 rings (SSSR count). The summed E-state index contributed by atoms with van der Waals surface area (Å²) in [5.41, 5.74) is -0.200. The molecule has 112 valence electrons. The summed E-state index contributed by atoms with van der Waals surface area (Å²) in [6.45, 7) is 5.48. The Morgan fingerprint density at radius 1 is 1.33 bits per heavy atom. The van der Waals surface area contributed by atoms with E-state index < -0.39 is 17.4 Å². The molecule has 0 aliphatic heterocycles. The third-order valence-corrected chi connectivity index (χ3v) is 3.84. The topological polar surface area (TPSA) is 79.5 Å². The maximum atomic E-state index is 12.3. The maximum Gasteiger partial charge on any atom is 0.305 e. The molecule has 0 aliphatic carbocycles. The van der Waals surface area contributed by atoms with Gasteiger partial charge < -0.3 is 14.8 Å². The van der Waals surface area contributed by atoms with Gasteiger partial charge in [0.05, 0.1) is 12.0 Å². The van der Waals surface area contributed by atoms with Gasteiger partial charge in [0.1, 0.15) is 5.58 Å². The van der Waals surface area contributed by atoms with Gasteiger partial charge in [0.15, 0.2) is 5.76 Å². The number of hydrogen-bond acceptors (Lipinski definition) is 3. The average Bonchev–Trinajstić information content (AvgIpc) is 2.81. The molecule has 1 aromatic heterocycles. The second-order valence-corrected chi connectivity index (χ2v) is 5.75. The highest BCUT2D eigenvalue weighted by molar-refractivity contribution is 5.96. The van der Waals surface area contributed by atoms with E-state index in [2.05, 4.69) is 5.32 Å². The van der Waals surface area contributed by atoms with Gasteiger partial charge in [0.25, 0.3) is 5.91 Å². The summed E-state index contributed by atoms with van der Waals surface area (Å²) in [6.07, 6.45) is -0.142. The average molecular weight is 289 g/mol. The van der Waals surface area contributed by atoms with E-state index >= 15 is 0 Å². The van der Waals surface area contributed by atoms with Gasteiger partial charge in [-0.15, -0.1) is 0 Å². The van der Waals surface area contributed by atoms with Crippen molar-refractivity contribution in [3.05, 3.63) is 36.1 Å². The van der Waals surface area contributed by atoms with E-state index in [0.29, 0.717) is 5.58 Å². The Labute approximate surface area is 122 Å². The summed E-state index contributed by atoms with van der Waals surface area (Å²) in [7, 11) is 0. The predicted molar refractivity (Wildman–Crippen MR) is 79.2 cm³/mol. The van der Waals surface area contributed by atoms with Crippen LogP contribution in [0.3, 0.4) is 0 Å². The van der Waals surface area contributed by atoms with Crippen LogP contribution in [0.15, 0.2) is 34.7 Å². The molecule has 5 nitrogen and oxygen atoms in total. The molecule has 2 N–H and O–H groups in total. The third kappa shape index (κ3) is 3.24. The minimum absolute atomic E-state index is 0.0260. The summed E-state index contributed by atoms with van der Waals surface area (Å²) < 4.78 is 5.50. The number of nitrogens with one attached hydrogen (secondary N) is 1. The Morgan fingerprint density at radius 3 is 2.57 bits per heavy atom. The van der Waals surface area contributed by atoms with Crippen LogP contribution in [0, 0.1) is 5.92 Å². The van der Waals surface area contributed by atoms with Gasteiger partial charge in [-0.1, -0.05) is 32.0 Å². The SMILES string of the molecule is CC(C)C(C)(CC(=O)O)NC(=O)c1cc2ccccc2o1. The molecule has 0 radical (unpaired) electrons. The number of carbonyl (C=O) groups excluding carboxylic acids is 1. The molecule has 0 saturated heterocycles. The zero-order valence-corrected chi connectivity index (χ0v) is 12.3. The zero-order chi connectivity index (χ0) is 15.6. The summed E-state index contributed by atoms with van der Waals surface area (Å²) in [5, 5.41) is 12.6. The van der Waals surface area contributed by atoms with Crippen molar-refractivity contribution in [3.63, 3.8) is 0 Å². The van der Waals surface area contributed by atoms with Gasteiger partial charge in [-0.2, -0.15) is 0 Å². The monoisotopic (exact) mass is 289 g/mol. The second-order valence-electron chi connectivity index (χ2n) is 5.75. The van der Waals surface area contributed by atoms with Crippen LogP contribution in [0.25, 0.3) is 11.0 Å². The maximum absolute atomic E-state index is 12.3. The first-order valence-electron chi connectivity index (χ1n) is 6.85. The van der Waals surface area contributed by atoms with Gasteiger partial charge in [-0.25, -0.2) is 0 Å². The van der Waals surface area contributed by atoms with Crippen molar-refractivity contribution < 1.29 is 19.1 Å². The summed E-state index contributed by atoms with van der Waals surface area (Å²) >= 11 is 0. The minimum atomic E-state index is -0.948. The van der Waals surface area contributed by atoms with Gasteiger partial charge in [0.2, 0.25) is 0 Å². The van der Waals surface area contributed by atoms with Crippen LogP contribution in [-0.2, 0) is 4.79 Å². The molecule has 0 saturated carbocycles. The Bertz CT molecular complexity index is 641. The lowest BCUT2D eigenvalue weighted by Gasteiger charge is -2.33. The molecule has 0 aliphatic rings. The number of carboxylic acid groups (broad SMARTS) is 1. The van der Waals surface area contributed by atoms with Crippen LogP contribution in [-0.4, -0.2) is 22.5 Å². The number of hydrogen-bond donors (Lipinski definition) is 2. The fraction of sp³-hybridized carbons (Fsp3) is 0.375. The number of amides is 1. The molecular formula is C16H19NO4. The molecule has 1 amide bonds. The molecule has 1 heterocycles.